The normalized spacial score (nSPS) is 15.5. The van der Waals surface area contributed by atoms with E-state index in [1.54, 1.807) is 24.5 Å². The average molecular weight is 396 g/mol. The van der Waals surface area contributed by atoms with Crippen LogP contribution < -0.4 is 5.56 Å². The molecule has 1 aromatic carbocycles. The Kier molecular flexibility index (Phi) is 5.76. The number of benzene rings is 1. The fourth-order valence-corrected chi connectivity index (χ4v) is 3.79. The predicted octanol–water partition coefficient (Wildman–Crippen LogP) is 3.50. The van der Waals surface area contributed by atoms with Gasteiger partial charge in [0.25, 0.3) is 5.56 Å². The highest BCUT2D eigenvalue weighted by molar-refractivity contribution is 5.56. The first-order valence-corrected chi connectivity index (χ1v) is 9.73. The topological polar surface area (TPSA) is 51.0 Å². The minimum atomic E-state index is -0.547. The molecule has 5 nitrogen and oxygen atoms in total. The molecular weight excluding hydrogens is 374 g/mol. The summed E-state index contributed by atoms with van der Waals surface area (Å²) in [6, 6.07) is 10.7. The number of piperidine rings is 1. The zero-order valence-corrected chi connectivity index (χ0v) is 16.0. The van der Waals surface area contributed by atoms with Gasteiger partial charge in [-0.05, 0) is 67.7 Å². The minimum absolute atomic E-state index is 0.111. The van der Waals surface area contributed by atoms with E-state index in [0.29, 0.717) is 24.6 Å². The third-order valence-electron chi connectivity index (χ3n) is 5.31. The molecule has 4 rings (SSSR count). The van der Waals surface area contributed by atoms with E-state index in [9.17, 15) is 13.6 Å². The second-order valence-corrected chi connectivity index (χ2v) is 7.47. The zero-order valence-electron chi connectivity index (χ0n) is 16.0. The molecule has 150 valence electrons. The third-order valence-corrected chi connectivity index (χ3v) is 5.31. The second-order valence-electron chi connectivity index (χ2n) is 7.47. The van der Waals surface area contributed by atoms with Crippen molar-refractivity contribution in [3.63, 3.8) is 0 Å². The van der Waals surface area contributed by atoms with Crippen molar-refractivity contribution in [2.45, 2.75) is 25.9 Å². The largest absolute Gasteiger partial charge is 0.299 e. The van der Waals surface area contributed by atoms with Crippen molar-refractivity contribution in [2.24, 2.45) is 5.92 Å². The first-order valence-electron chi connectivity index (χ1n) is 9.73. The molecule has 0 aliphatic carbocycles. The SMILES string of the molecule is O=c1ccc(-c2ccncc2)nn1CC1CCN(Cc2cc(F)cc(F)c2)CC1. The molecule has 29 heavy (non-hydrogen) atoms. The summed E-state index contributed by atoms with van der Waals surface area (Å²) in [6.45, 7) is 2.74. The lowest BCUT2D eigenvalue weighted by atomic mass is 9.96. The van der Waals surface area contributed by atoms with Gasteiger partial charge in [0.2, 0.25) is 0 Å². The number of aromatic nitrogens is 3. The zero-order chi connectivity index (χ0) is 20.2. The van der Waals surface area contributed by atoms with Gasteiger partial charge in [0.15, 0.2) is 0 Å². The maximum atomic E-state index is 13.4. The van der Waals surface area contributed by atoms with Crippen molar-refractivity contribution in [1.29, 1.82) is 0 Å². The number of hydrogen-bond donors (Lipinski definition) is 0. The Morgan fingerprint density at radius 1 is 0.966 bits per heavy atom. The van der Waals surface area contributed by atoms with Crippen LogP contribution in [0.4, 0.5) is 8.78 Å². The van der Waals surface area contributed by atoms with Gasteiger partial charge in [-0.1, -0.05) is 0 Å². The Bertz CT molecular complexity index is 1010. The molecular formula is C22H22F2N4O. The van der Waals surface area contributed by atoms with Crippen molar-refractivity contribution in [2.75, 3.05) is 13.1 Å². The molecule has 0 amide bonds. The molecule has 0 atom stereocenters. The lowest BCUT2D eigenvalue weighted by Gasteiger charge is -2.32. The number of rotatable bonds is 5. The molecule has 1 saturated heterocycles. The first kappa shape index (κ1) is 19.4. The lowest BCUT2D eigenvalue weighted by molar-refractivity contribution is 0.163. The van der Waals surface area contributed by atoms with Crippen LogP contribution in [0.5, 0.6) is 0 Å². The van der Waals surface area contributed by atoms with Crippen LogP contribution in [0.1, 0.15) is 18.4 Å². The highest BCUT2D eigenvalue weighted by Crippen LogP contribution is 2.21. The molecule has 0 saturated carbocycles. The van der Waals surface area contributed by atoms with E-state index >= 15 is 0 Å². The van der Waals surface area contributed by atoms with Gasteiger partial charge in [-0.3, -0.25) is 14.7 Å². The molecule has 0 spiro atoms. The van der Waals surface area contributed by atoms with Crippen molar-refractivity contribution in [3.8, 4) is 11.3 Å². The van der Waals surface area contributed by atoms with Crippen LogP contribution in [0, 0.1) is 17.6 Å². The molecule has 0 unspecified atom stereocenters. The summed E-state index contributed by atoms with van der Waals surface area (Å²) in [5.74, 6) is -0.753. The third kappa shape index (κ3) is 4.92. The molecule has 0 radical (unpaired) electrons. The maximum absolute atomic E-state index is 13.4. The summed E-state index contributed by atoms with van der Waals surface area (Å²) in [4.78, 5) is 18.4. The fraction of sp³-hybridized carbons (Fsp3) is 0.318. The Morgan fingerprint density at radius 2 is 1.66 bits per heavy atom. The Balaban J connectivity index is 1.38. The van der Waals surface area contributed by atoms with Gasteiger partial charge in [0, 0.05) is 43.2 Å². The Morgan fingerprint density at radius 3 is 2.34 bits per heavy atom. The molecule has 3 aromatic rings. The van der Waals surface area contributed by atoms with Crippen LogP contribution in [-0.2, 0) is 13.1 Å². The van der Waals surface area contributed by atoms with Crippen molar-refractivity contribution in [1.82, 2.24) is 19.7 Å². The van der Waals surface area contributed by atoms with E-state index in [0.717, 1.165) is 43.3 Å². The van der Waals surface area contributed by atoms with Crippen molar-refractivity contribution >= 4 is 0 Å². The van der Waals surface area contributed by atoms with E-state index in [2.05, 4.69) is 15.0 Å². The van der Waals surface area contributed by atoms with E-state index in [1.807, 2.05) is 12.1 Å². The molecule has 0 bridgehead atoms. The standard InChI is InChI=1S/C22H22F2N4O/c23-19-11-17(12-20(24)13-19)14-27-9-5-16(6-10-27)15-28-22(29)2-1-21(26-28)18-3-7-25-8-4-18/h1-4,7-8,11-13,16H,5-6,9-10,14-15H2. The molecule has 7 heteroatoms. The number of nitrogens with zero attached hydrogens (tertiary/aromatic N) is 4. The number of halogens is 2. The van der Waals surface area contributed by atoms with Crippen LogP contribution in [-0.4, -0.2) is 32.8 Å². The number of pyridine rings is 1. The van der Waals surface area contributed by atoms with E-state index < -0.39 is 11.6 Å². The second kappa shape index (κ2) is 8.61. The molecule has 3 heterocycles. The van der Waals surface area contributed by atoms with Crippen molar-refractivity contribution in [3.05, 3.63) is 82.4 Å². The first-order chi connectivity index (χ1) is 14.1. The summed E-state index contributed by atoms with van der Waals surface area (Å²) < 4.78 is 28.3. The quantitative estimate of drug-likeness (QED) is 0.663. The summed E-state index contributed by atoms with van der Waals surface area (Å²) >= 11 is 0. The van der Waals surface area contributed by atoms with E-state index in [-0.39, 0.29) is 5.56 Å². The Labute approximate surface area is 167 Å². The van der Waals surface area contributed by atoms with Gasteiger partial charge in [-0.25, -0.2) is 13.5 Å². The maximum Gasteiger partial charge on any atom is 0.266 e. The van der Waals surface area contributed by atoms with E-state index in [4.69, 9.17) is 0 Å². The van der Waals surface area contributed by atoms with Crippen LogP contribution in [0.3, 0.4) is 0 Å². The Hall–Kier alpha value is -2.93. The van der Waals surface area contributed by atoms with E-state index in [1.165, 1.54) is 16.8 Å². The summed E-state index contributed by atoms with van der Waals surface area (Å²) in [5, 5.41) is 4.52. The van der Waals surface area contributed by atoms with Crippen LogP contribution in [0.15, 0.2) is 59.7 Å². The molecule has 0 N–H and O–H groups in total. The monoisotopic (exact) mass is 396 g/mol. The highest BCUT2D eigenvalue weighted by Gasteiger charge is 2.21. The predicted molar refractivity (Wildman–Crippen MR) is 106 cm³/mol. The van der Waals surface area contributed by atoms with Crippen molar-refractivity contribution < 1.29 is 8.78 Å². The molecule has 1 aliphatic rings. The highest BCUT2D eigenvalue weighted by atomic mass is 19.1. The number of likely N-dealkylation sites (tertiary alicyclic amines) is 1. The smallest absolute Gasteiger partial charge is 0.266 e. The van der Waals surface area contributed by atoms with Gasteiger partial charge >= 0.3 is 0 Å². The van der Waals surface area contributed by atoms with Crippen LogP contribution in [0.25, 0.3) is 11.3 Å². The van der Waals surface area contributed by atoms with Crippen LogP contribution >= 0.6 is 0 Å². The summed E-state index contributed by atoms with van der Waals surface area (Å²) in [5.41, 5.74) is 2.20. The van der Waals surface area contributed by atoms with Gasteiger partial charge < -0.3 is 0 Å². The average Bonchev–Trinajstić information content (AvgIpc) is 2.71. The molecule has 1 aliphatic heterocycles. The van der Waals surface area contributed by atoms with Gasteiger partial charge in [-0.2, -0.15) is 5.10 Å². The minimum Gasteiger partial charge on any atom is -0.299 e. The fourth-order valence-electron chi connectivity index (χ4n) is 3.79. The lowest BCUT2D eigenvalue weighted by Crippen LogP contribution is -2.36. The summed E-state index contributed by atoms with van der Waals surface area (Å²) in [6.07, 6.45) is 5.22. The van der Waals surface area contributed by atoms with Gasteiger partial charge in [0.05, 0.1) is 5.69 Å². The summed E-state index contributed by atoms with van der Waals surface area (Å²) in [7, 11) is 0. The van der Waals surface area contributed by atoms with Gasteiger partial charge in [-0.15, -0.1) is 0 Å². The van der Waals surface area contributed by atoms with Crippen LogP contribution in [0.2, 0.25) is 0 Å². The van der Waals surface area contributed by atoms with Gasteiger partial charge in [0.1, 0.15) is 11.6 Å². The molecule has 1 fully saturated rings. The molecule has 2 aromatic heterocycles. The number of hydrogen-bond acceptors (Lipinski definition) is 4.